The summed E-state index contributed by atoms with van der Waals surface area (Å²) in [5, 5.41) is 5.23. The van der Waals surface area contributed by atoms with E-state index in [0.29, 0.717) is 23.7 Å². The van der Waals surface area contributed by atoms with Crippen LogP contribution in [0.25, 0.3) is 0 Å². The smallest absolute Gasteiger partial charge is 0.314 e. The number of aryl methyl sites for hydroxylation is 2. The highest BCUT2D eigenvalue weighted by molar-refractivity contribution is 6.43. The van der Waals surface area contributed by atoms with Gasteiger partial charge in [-0.3, -0.25) is 14.4 Å². The lowest BCUT2D eigenvalue weighted by molar-refractivity contribution is -0.133. The normalized spacial score (nSPS) is 15.2. The first-order valence-electron chi connectivity index (χ1n) is 10.2. The zero-order valence-electron chi connectivity index (χ0n) is 17.2. The number of fused-ring (bicyclic) bond motifs is 1. The Morgan fingerprint density at radius 1 is 1.03 bits per heavy atom. The maximum absolute atomic E-state index is 12.6. The van der Waals surface area contributed by atoms with Gasteiger partial charge in [-0.05, 0) is 68.0 Å². The molecule has 0 atom stereocenters. The van der Waals surface area contributed by atoms with Crippen LogP contribution in [0, 0.1) is 12.8 Å². The second kappa shape index (κ2) is 8.18. The molecule has 7 heteroatoms. The molecular formula is C23H25N3O4. The predicted molar refractivity (Wildman–Crippen MR) is 115 cm³/mol. The van der Waals surface area contributed by atoms with Crippen LogP contribution in [0.2, 0.25) is 0 Å². The lowest BCUT2D eigenvalue weighted by Crippen LogP contribution is -2.36. The molecule has 1 aliphatic carbocycles. The molecule has 1 saturated carbocycles. The van der Waals surface area contributed by atoms with Crippen LogP contribution in [0.1, 0.15) is 30.4 Å². The average molecular weight is 407 g/mol. The van der Waals surface area contributed by atoms with Crippen LogP contribution in [0.5, 0.6) is 5.75 Å². The van der Waals surface area contributed by atoms with E-state index in [-0.39, 0.29) is 11.8 Å². The van der Waals surface area contributed by atoms with E-state index in [1.807, 2.05) is 24.0 Å². The van der Waals surface area contributed by atoms with Crippen LogP contribution in [-0.4, -0.2) is 31.4 Å². The molecule has 7 nitrogen and oxygen atoms in total. The molecule has 2 aromatic rings. The van der Waals surface area contributed by atoms with Crippen molar-refractivity contribution in [2.75, 3.05) is 29.2 Å². The third kappa shape index (κ3) is 4.15. The molecule has 2 aromatic carbocycles. The van der Waals surface area contributed by atoms with Crippen molar-refractivity contribution >= 4 is 34.8 Å². The summed E-state index contributed by atoms with van der Waals surface area (Å²) in [6, 6.07) is 10.8. The van der Waals surface area contributed by atoms with E-state index in [1.54, 1.807) is 24.3 Å². The Hall–Kier alpha value is -3.35. The van der Waals surface area contributed by atoms with E-state index in [1.165, 1.54) is 7.11 Å². The summed E-state index contributed by atoms with van der Waals surface area (Å²) in [5.41, 5.74) is 3.77. The number of rotatable bonds is 4. The summed E-state index contributed by atoms with van der Waals surface area (Å²) in [7, 11) is 1.50. The first-order valence-corrected chi connectivity index (χ1v) is 10.2. The molecule has 1 aliphatic heterocycles. The fourth-order valence-electron chi connectivity index (χ4n) is 3.72. The van der Waals surface area contributed by atoms with Gasteiger partial charge in [-0.1, -0.05) is 12.1 Å². The third-order valence-corrected chi connectivity index (χ3v) is 5.46. The van der Waals surface area contributed by atoms with Crippen molar-refractivity contribution < 1.29 is 19.1 Å². The molecule has 0 saturated heterocycles. The minimum atomic E-state index is -0.789. The molecule has 1 fully saturated rings. The summed E-state index contributed by atoms with van der Waals surface area (Å²) in [4.78, 5) is 39.3. The number of amides is 3. The van der Waals surface area contributed by atoms with Crippen LogP contribution in [-0.2, 0) is 20.8 Å². The summed E-state index contributed by atoms with van der Waals surface area (Å²) < 4.78 is 5.24. The Morgan fingerprint density at radius 2 is 1.80 bits per heavy atom. The Bertz CT molecular complexity index is 1010. The molecule has 0 unspecified atom stereocenters. The van der Waals surface area contributed by atoms with Gasteiger partial charge in [0.2, 0.25) is 5.91 Å². The zero-order valence-corrected chi connectivity index (χ0v) is 17.2. The lowest BCUT2D eigenvalue weighted by Gasteiger charge is -2.30. The van der Waals surface area contributed by atoms with Crippen molar-refractivity contribution in [1.82, 2.24) is 0 Å². The Labute approximate surface area is 175 Å². The van der Waals surface area contributed by atoms with Crippen LogP contribution in [0.15, 0.2) is 36.4 Å². The lowest BCUT2D eigenvalue weighted by atomic mass is 10.0. The number of carbonyl (C=O) groups excluding carboxylic acids is 3. The van der Waals surface area contributed by atoms with Gasteiger partial charge in [-0.2, -0.15) is 0 Å². The number of ether oxygens (including phenoxy) is 1. The van der Waals surface area contributed by atoms with Crippen molar-refractivity contribution in [3.63, 3.8) is 0 Å². The summed E-state index contributed by atoms with van der Waals surface area (Å²) >= 11 is 0. The third-order valence-electron chi connectivity index (χ3n) is 5.46. The van der Waals surface area contributed by atoms with Crippen LogP contribution in [0.4, 0.5) is 17.1 Å². The Morgan fingerprint density at radius 3 is 2.53 bits per heavy atom. The number of hydrogen-bond donors (Lipinski definition) is 2. The fourth-order valence-corrected chi connectivity index (χ4v) is 3.72. The van der Waals surface area contributed by atoms with E-state index in [4.69, 9.17) is 4.74 Å². The van der Waals surface area contributed by atoms with Gasteiger partial charge >= 0.3 is 11.8 Å². The van der Waals surface area contributed by atoms with Crippen molar-refractivity contribution in [2.45, 2.75) is 32.6 Å². The highest BCUT2D eigenvalue weighted by Gasteiger charge is 2.35. The van der Waals surface area contributed by atoms with E-state index >= 15 is 0 Å². The molecule has 4 rings (SSSR count). The SMILES string of the molecule is COc1ccc(C)cc1NC(=O)C(=O)Nc1ccc2c(c1)N(C(=O)C1CC1)CCC2. The largest absolute Gasteiger partial charge is 0.495 e. The highest BCUT2D eigenvalue weighted by atomic mass is 16.5. The summed E-state index contributed by atoms with van der Waals surface area (Å²) in [6.45, 7) is 2.57. The van der Waals surface area contributed by atoms with Gasteiger partial charge < -0.3 is 20.3 Å². The molecule has 30 heavy (non-hydrogen) atoms. The van der Waals surface area contributed by atoms with Gasteiger partial charge in [0.15, 0.2) is 0 Å². The second-order valence-corrected chi connectivity index (χ2v) is 7.82. The molecule has 3 amide bonds. The molecule has 0 radical (unpaired) electrons. The number of nitrogens with zero attached hydrogens (tertiary/aromatic N) is 1. The first-order chi connectivity index (χ1) is 14.5. The molecule has 156 valence electrons. The van der Waals surface area contributed by atoms with Gasteiger partial charge in [-0.15, -0.1) is 0 Å². The zero-order chi connectivity index (χ0) is 21.3. The number of benzene rings is 2. The number of methoxy groups -OCH3 is 1. The van der Waals surface area contributed by atoms with E-state index in [9.17, 15) is 14.4 Å². The molecule has 2 aliphatic rings. The highest BCUT2D eigenvalue weighted by Crippen LogP contribution is 2.37. The molecule has 0 spiro atoms. The maximum Gasteiger partial charge on any atom is 0.314 e. The van der Waals surface area contributed by atoms with Gasteiger partial charge in [-0.25, -0.2) is 0 Å². The van der Waals surface area contributed by atoms with E-state index in [2.05, 4.69) is 10.6 Å². The minimum Gasteiger partial charge on any atom is -0.495 e. The standard InChI is InChI=1S/C23H25N3O4/c1-14-5-10-20(30-2)18(12-14)25-22(28)21(27)24-17-9-8-15-4-3-11-26(19(15)13-17)23(29)16-6-7-16/h5,8-10,12-13,16H,3-4,6-7,11H2,1-2H3,(H,24,27)(H,25,28). The average Bonchev–Trinajstić information content (AvgIpc) is 3.58. The molecule has 0 aromatic heterocycles. The number of carbonyl (C=O) groups is 3. The number of hydrogen-bond acceptors (Lipinski definition) is 4. The van der Waals surface area contributed by atoms with Crippen molar-refractivity contribution in [2.24, 2.45) is 5.92 Å². The topological polar surface area (TPSA) is 87.7 Å². The first kappa shape index (κ1) is 19.9. The van der Waals surface area contributed by atoms with Gasteiger partial charge in [0.25, 0.3) is 0 Å². The minimum absolute atomic E-state index is 0.129. The maximum atomic E-state index is 12.6. The van der Waals surface area contributed by atoms with Crippen LogP contribution >= 0.6 is 0 Å². The number of nitrogens with one attached hydrogen (secondary N) is 2. The molecule has 1 heterocycles. The fraction of sp³-hybridized carbons (Fsp3) is 0.348. The van der Waals surface area contributed by atoms with Gasteiger partial charge in [0.05, 0.1) is 12.8 Å². The van der Waals surface area contributed by atoms with Crippen molar-refractivity contribution in [1.29, 1.82) is 0 Å². The second-order valence-electron chi connectivity index (χ2n) is 7.82. The van der Waals surface area contributed by atoms with E-state index < -0.39 is 11.8 Å². The Kier molecular flexibility index (Phi) is 5.44. The van der Waals surface area contributed by atoms with Gasteiger partial charge in [0, 0.05) is 23.8 Å². The van der Waals surface area contributed by atoms with Gasteiger partial charge in [0.1, 0.15) is 5.75 Å². The quantitative estimate of drug-likeness (QED) is 0.762. The Balaban J connectivity index is 1.48. The molecule has 2 N–H and O–H groups in total. The summed E-state index contributed by atoms with van der Waals surface area (Å²) in [6.07, 6.45) is 3.72. The molecule has 0 bridgehead atoms. The number of anilines is 3. The van der Waals surface area contributed by atoms with Crippen LogP contribution in [0.3, 0.4) is 0 Å². The van der Waals surface area contributed by atoms with Crippen LogP contribution < -0.4 is 20.3 Å². The van der Waals surface area contributed by atoms with Crippen molar-refractivity contribution in [3.8, 4) is 5.75 Å². The summed E-state index contributed by atoms with van der Waals surface area (Å²) in [5.74, 6) is -0.810. The molecular weight excluding hydrogens is 382 g/mol. The monoisotopic (exact) mass is 407 g/mol. The van der Waals surface area contributed by atoms with E-state index in [0.717, 1.165) is 42.5 Å². The van der Waals surface area contributed by atoms with Crippen molar-refractivity contribution in [3.05, 3.63) is 47.5 Å². The predicted octanol–water partition coefficient (Wildman–Crippen LogP) is 3.27.